The van der Waals surface area contributed by atoms with E-state index in [1.54, 1.807) is 7.05 Å². The largest absolute Gasteiger partial charge is 2.00 e. The molecule has 7 heteroatoms. The van der Waals surface area contributed by atoms with Crippen LogP contribution in [0.2, 0.25) is 0 Å². The average Bonchev–Trinajstić information content (AvgIpc) is 1.84. The SMILES string of the molecule is CNC(=S)N(C)C(=O)[O-].[Br-].[Mg+2]. The minimum atomic E-state index is -1.31. The zero-order chi connectivity index (χ0) is 7.44. The Kier molecular flexibility index (Phi) is 13.5. The topological polar surface area (TPSA) is 55.4 Å². The van der Waals surface area contributed by atoms with Crippen LogP contribution in [0.3, 0.4) is 0 Å². The number of carboxylic acid groups (broad SMARTS) is 1. The van der Waals surface area contributed by atoms with Crippen molar-refractivity contribution in [3.05, 3.63) is 0 Å². The van der Waals surface area contributed by atoms with Gasteiger partial charge in [-0.05, 0) is 12.2 Å². The minimum Gasteiger partial charge on any atom is -1.00 e. The zero-order valence-electron chi connectivity index (χ0n) is 6.26. The Labute approximate surface area is 97.2 Å². The fourth-order valence-electron chi connectivity index (χ4n) is 0.251. The predicted molar refractivity (Wildman–Crippen MR) is 40.6 cm³/mol. The number of carbonyl (C=O) groups is 1. The normalized spacial score (nSPS) is 6.73. The van der Waals surface area contributed by atoms with Gasteiger partial charge in [-0.3, -0.25) is 0 Å². The molecule has 0 atom stereocenters. The number of amides is 1. The van der Waals surface area contributed by atoms with E-state index >= 15 is 0 Å². The Hall–Kier alpha value is 0.406. The van der Waals surface area contributed by atoms with E-state index in [1.165, 1.54) is 7.05 Å². The standard InChI is InChI=1S/C4H8N2O2S.BrH.Mg/c1-5-3(9)6(2)4(7)8;;/h1-2H3,(H,5,9)(H,7,8);1H;/q;;+2/p-2. The third-order valence-corrected chi connectivity index (χ3v) is 1.27. The molecule has 1 amide bonds. The van der Waals surface area contributed by atoms with Crippen LogP contribution in [0, 0.1) is 0 Å². The quantitative estimate of drug-likeness (QED) is 0.348. The Morgan fingerprint density at radius 1 is 1.64 bits per heavy atom. The minimum absolute atomic E-state index is 0. The summed E-state index contributed by atoms with van der Waals surface area (Å²) in [5.41, 5.74) is 0. The first-order chi connectivity index (χ1) is 4.09. The van der Waals surface area contributed by atoms with Gasteiger partial charge in [-0.15, -0.1) is 0 Å². The molecule has 0 spiro atoms. The van der Waals surface area contributed by atoms with Gasteiger partial charge in [-0.25, -0.2) is 0 Å². The Morgan fingerprint density at radius 2 is 2.00 bits per heavy atom. The number of thiocarbonyl (C=S) groups is 1. The monoisotopic (exact) mass is 250 g/mol. The van der Waals surface area contributed by atoms with Gasteiger partial charge >= 0.3 is 23.1 Å². The molecule has 0 heterocycles. The maximum atomic E-state index is 9.99. The fraction of sp³-hybridized carbons (Fsp3) is 0.500. The summed E-state index contributed by atoms with van der Waals surface area (Å²) in [5.74, 6) is 0. The molecule has 0 aliphatic carbocycles. The number of rotatable bonds is 0. The van der Waals surface area contributed by atoms with Gasteiger partial charge < -0.3 is 37.1 Å². The molecule has 0 aliphatic rings. The summed E-state index contributed by atoms with van der Waals surface area (Å²) in [6.07, 6.45) is -1.31. The van der Waals surface area contributed by atoms with E-state index in [1.807, 2.05) is 0 Å². The van der Waals surface area contributed by atoms with Crippen LogP contribution in [0.5, 0.6) is 0 Å². The number of carbonyl (C=O) groups excluding carboxylic acids is 1. The van der Waals surface area contributed by atoms with Crippen molar-refractivity contribution in [1.82, 2.24) is 10.2 Å². The van der Waals surface area contributed by atoms with Gasteiger partial charge in [0.25, 0.3) is 0 Å². The fourth-order valence-corrected chi connectivity index (χ4v) is 0.325. The Morgan fingerprint density at radius 3 is 2.09 bits per heavy atom. The molecule has 1 N–H and O–H groups in total. The molecule has 0 aromatic carbocycles. The molecule has 0 saturated heterocycles. The van der Waals surface area contributed by atoms with E-state index in [0.717, 1.165) is 4.90 Å². The van der Waals surface area contributed by atoms with Gasteiger partial charge in [-0.1, -0.05) is 0 Å². The van der Waals surface area contributed by atoms with Crippen LogP contribution in [0.15, 0.2) is 0 Å². The molecular formula is C4H7BrMgN2O2S. The van der Waals surface area contributed by atoms with Crippen LogP contribution in [0.1, 0.15) is 0 Å². The van der Waals surface area contributed by atoms with Crippen molar-refractivity contribution < 1.29 is 26.9 Å². The molecule has 0 unspecified atom stereocenters. The summed E-state index contributed by atoms with van der Waals surface area (Å²) in [7, 11) is 2.86. The molecule has 0 saturated carbocycles. The van der Waals surface area contributed by atoms with Gasteiger partial charge in [0.05, 0.1) is 0 Å². The van der Waals surface area contributed by atoms with Gasteiger partial charge in [0, 0.05) is 14.1 Å². The van der Waals surface area contributed by atoms with E-state index in [2.05, 4.69) is 17.5 Å². The Balaban J connectivity index is -0.000000320. The van der Waals surface area contributed by atoms with E-state index in [9.17, 15) is 9.90 Å². The van der Waals surface area contributed by atoms with Crippen molar-refractivity contribution in [3.63, 3.8) is 0 Å². The first-order valence-corrected chi connectivity index (χ1v) is 2.67. The molecule has 0 aromatic heterocycles. The number of nitrogens with zero attached hydrogens (tertiary/aromatic N) is 1. The molecular weight excluding hydrogens is 244 g/mol. The third-order valence-electron chi connectivity index (χ3n) is 0.792. The van der Waals surface area contributed by atoms with E-state index in [-0.39, 0.29) is 45.1 Å². The van der Waals surface area contributed by atoms with Crippen LogP contribution in [0.25, 0.3) is 0 Å². The number of hydrogen-bond donors (Lipinski definition) is 1. The van der Waals surface area contributed by atoms with E-state index in [4.69, 9.17) is 0 Å². The van der Waals surface area contributed by atoms with Crippen LogP contribution < -0.4 is 27.4 Å². The maximum Gasteiger partial charge on any atom is 2.00 e. The van der Waals surface area contributed by atoms with Crippen molar-refractivity contribution in [2.24, 2.45) is 0 Å². The average molecular weight is 251 g/mol. The second kappa shape index (κ2) is 8.50. The van der Waals surface area contributed by atoms with Gasteiger partial charge in [0.15, 0.2) is 5.11 Å². The van der Waals surface area contributed by atoms with E-state index < -0.39 is 6.09 Å². The molecule has 0 aromatic rings. The van der Waals surface area contributed by atoms with Crippen LogP contribution in [-0.2, 0) is 0 Å². The van der Waals surface area contributed by atoms with Crippen LogP contribution >= 0.6 is 12.2 Å². The number of hydrogen-bond acceptors (Lipinski definition) is 3. The first-order valence-electron chi connectivity index (χ1n) is 2.26. The predicted octanol–water partition coefficient (Wildman–Crippen LogP) is -4.61. The van der Waals surface area contributed by atoms with Crippen molar-refractivity contribution in [2.75, 3.05) is 14.1 Å². The smallest absolute Gasteiger partial charge is 1.00 e. The summed E-state index contributed by atoms with van der Waals surface area (Å²) in [6.45, 7) is 0. The zero-order valence-corrected chi connectivity index (χ0v) is 10.1. The second-order valence-corrected chi connectivity index (χ2v) is 1.77. The summed E-state index contributed by atoms with van der Waals surface area (Å²) < 4.78 is 0. The second-order valence-electron chi connectivity index (χ2n) is 1.38. The first kappa shape index (κ1) is 17.5. The summed E-state index contributed by atoms with van der Waals surface area (Å²) in [4.78, 5) is 10.8. The van der Waals surface area contributed by atoms with Crippen molar-refractivity contribution in [1.29, 1.82) is 0 Å². The molecule has 0 fully saturated rings. The summed E-state index contributed by atoms with van der Waals surface area (Å²) >= 11 is 4.55. The van der Waals surface area contributed by atoms with E-state index in [0.29, 0.717) is 0 Å². The number of nitrogens with one attached hydrogen (secondary N) is 1. The van der Waals surface area contributed by atoms with Gasteiger partial charge in [-0.2, -0.15) is 0 Å². The van der Waals surface area contributed by atoms with Crippen molar-refractivity contribution in [2.45, 2.75) is 0 Å². The van der Waals surface area contributed by atoms with Crippen LogP contribution in [0.4, 0.5) is 4.79 Å². The number of halogens is 1. The van der Waals surface area contributed by atoms with Crippen molar-refractivity contribution >= 4 is 46.5 Å². The molecule has 0 rings (SSSR count). The maximum absolute atomic E-state index is 9.99. The third kappa shape index (κ3) is 6.79. The van der Waals surface area contributed by atoms with Crippen molar-refractivity contribution in [3.8, 4) is 0 Å². The van der Waals surface area contributed by atoms with Crippen LogP contribution in [-0.4, -0.2) is 53.3 Å². The molecule has 0 bridgehead atoms. The molecule has 4 nitrogen and oxygen atoms in total. The molecule has 11 heavy (non-hydrogen) atoms. The summed E-state index contributed by atoms with van der Waals surface area (Å²) in [5, 5.41) is 12.6. The Bertz CT molecular complexity index is 146. The molecule has 0 aliphatic heterocycles. The van der Waals surface area contributed by atoms with Gasteiger partial charge in [0.1, 0.15) is 6.09 Å². The molecule has 0 radical (unpaired) electrons. The molecule has 60 valence electrons. The van der Waals surface area contributed by atoms with Gasteiger partial charge in [0.2, 0.25) is 0 Å². The summed E-state index contributed by atoms with van der Waals surface area (Å²) in [6, 6.07) is 0.